The van der Waals surface area contributed by atoms with Crippen molar-refractivity contribution < 1.29 is 28.6 Å². The van der Waals surface area contributed by atoms with Crippen LogP contribution in [0.1, 0.15) is 22.7 Å². The van der Waals surface area contributed by atoms with Crippen LogP contribution in [0.2, 0.25) is 0 Å². The van der Waals surface area contributed by atoms with E-state index in [2.05, 4.69) is 15.2 Å². The maximum atomic E-state index is 14.1. The number of hydrogen-bond acceptors (Lipinski definition) is 10. The van der Waals surface area contributed by atoms with E-state index in [4.69, 9.17) is 9.47 Å². The van der Waals surface area contributed by atoms with Crippen molar-refractivity contribution in [3.8, 4) is 11.5 Å². The number of thioether (sulfide) groups is 1. The molecule has 4 aromatic rings. The number of Topliss-reactive ketones (excluding diaryl/α,β-unsaturated/α-hetero) is 1. The van der Waals surface area contributed by atoms with E-state index < -0.39 is 17.7 Å². The summed E-state index contributed by atoms with van der Waals surface area (Å²) in [6, 6.07) is 13.4. The van der Waals surface area contributed by atoms with Gasteiger partial charge in [0.25, 0.3) is 5.78 Å². The van der Waals surface area contributed by atoms with E-state index in [-0.39, 0.29) is 22.3 Å². The Morgan fingerprint density at radius 2 is 1.79 bits per heavy atom. The summed E-state index contributed by atoms with van der Waals surface area (Å²) in [5, 5.41) is 19.7. The van der Waals surface area contributed by atoms with E-state index in [1.165, 1.54) is 61.5 Å². The van der Waals surface area contributed by atoms with Crippen molar-refractivity contribution in [1.82, 2.24) is 15.2 Å². The Morgan fingerprint density at radius 3 is 2.51 bits per heavy atom. The first-order chi connectivity index (χ1) is 18.9. The summed E-state index contributed by atoms with van der Waals surface area (Å²) < 4.78 is 25.3. The highest BCUT2D eigenvalue weighted by molar-refractivity contribution is 8.00. The molecular formula is C27H21FN4O5S2. The summed E-state index contributed by atoms with van der Waals surface area (Å²) in [6.07, 6.45) is 2.95. The topological polar surface area (TPSA) is 115 Å². The Balaban J connectivity index is 1.58. The lowest BCUT2D eigenvalue weighted by molar-refractivity contribution is -0.132. The van der Waals surface area contributed by atoms with Crippen molar-refractivity contribution in [1.29, 1.82) is 0 Å². The number of rotatable bonds is 8. The van der Waals surface area contributed by atoms with Crippen LogP contribution in [0.5, 0.6) is 11.5 Å². The zero-order valence-electron chi connectivity index (χ0n) is 20.7. The van der Waals surface area contributed by atoms with Gasteiger partial charge in [0, 0.05) is 23.7 Å². The van der Waals surface area contributed by atoms with E-state index >= 15 is 0 Å². The minimum atomic E-state index is -1.03. The Morgan fingerprint density at radius 1 is 1.05 bits per heavy atom. The molecule has 3 heterocycles. The van der Waals surface area contributed by atoms with Gasteiger partial charge in [0.15, 0.2) is 15.8 Å². The molecule has 0 bridgehead atoms. The van der Waals surface area contributed by atoms with Crippen molar-refractivity contribution in [2.45, 2.75) is 16.1 Å². The molecule has 1 saturated heterocycles. The summed E-state index contributed by atoms with van der Waals surface area (Å²) in [5.41, 5.74) is 1.20. The molecule has 12 heteroatoms. The van der Waals surface area contributed by atoms with Gasteiger partial charge >= 0.3 is 5.91 Å². The van der Waals surface area contributed by atoms with Gasteiger partial charge in [-0.05, 0) is 41.5 Å². The van der Waals surface area contributed by atoms with E-state index in [0.29, 0.717) is 38.3 Å². The number of nitrogens with zero attached hydrogens (tertiary/aromatic N) is 4. The number of amides is 1. The highest BCUT2D eigenvalue weighted by Crippen LogP contribution is 2.45. The first-order valence-corrected chi connectivity index (χ1v) is 13.4. The molecule has 0 saturated carbocycles. The molecule has 0 spiro atoms. The first-order valence-electron chi connectivity index (χ1n) is 11.6. The number of hydrogen-bond donors (Lipinski definition) is 1. The number of aliphatic hydroxyl groups excluding tert-OH is 1. The number of pyridine rings is 1. The summed E-state index contributed by atoms with van der Waals surface area (Å²) in [5.74, 6) is -1.28. The summed E-state index contributed by atoms with van der Waals surface area (Å²) in [4.78, 5) is 31.9. The Bertz CT molecular complexity index is 1580. The maximum absolute atomic E-state index is 14.1. The standard InChI is InChI=1S/C27H21FN4O5S2/c1-36-19-8-7-16(13-20(19)37-2)22-21(23(33)15-9-11-29-12-10-15)24(34)25(35)32(22)26-30-31-27(39-26)38-14-17-5-3-4-6-18(17)28/h3-13,22,33H,14H2,1-2H3. The summed E-state index contributed by atoms with van der Waals surface area (Å²) >= 11 is 2.35. The zero-order chi connectivity index (χ0) is 27.5. The third kappa shape index (κ3) is 5.08. The fourth-order valence-electron chi connectivity index (χ4n) is 4.15. The van der Waals surface area contributed by atoms with Crippen LogP contribution in [0, 0.1) is 5.82 Å². The van der Waals surface area contributed by atoms with Crippen LogP contribution in [0.25, 0.3) is 5.76 Å². The minimum absolute atomic E-state index is 0.117. The van der Waals surface area contributed by atoms with Gasteiger partial charge in [-0.15, -0.1) is 10.2 Å². The molecule has 1 aliphatic heterocycles. The number of ether oxygens (including phenoxy) is 2. The molecule has 1 amide bonds. The first kappa shape index (κ1) is 26.3. The molecule has 39 heavy (non-hydrogen) atoms. The number of benzene rings is 2. The average molecular weight is 565 g/mol. The highest BCUT2D eigenvalue weighted by Gasteiger charge is 2.48. The van der Waals surface area contributed by atoms with Crippen LogP contribution in [0.3, 0.4) is 0 Å². The molecule has 5 rings (SSSR count). The summed E-state index contributed by atoms with van der Waals surface area (Å²) in [7, 11) is 2.97. The van der Waals surface area contributed by atoms with Crippen molar-refractivity contribution in [3.05, 3.63) is 95.1 Å². The number of carbonyl (C=O) groups is 2. The van der Waals surface area contributed by atoms with E-state index in [1.54, 1.807) is 36.4 Å². The van der Waals surface area contributed by atoms with Crippen LogP contribution < -0.4 is 14.4 Å². The van der Waals surface area contributed by atoms with Gasteiger partial charge in [-0.2, -0.15) is 0 Å². The quantitative estimate of drug-likeness (QED) is 0.104. The number of aromatic nitrogens is 3. The second-order valence-corrected chi connectivity index (χ2v) is 10.4. The van der Waals surface area contributed by atoms with Gasteiger partial charge < -0.3 is 14.6 Å². The molecule has 1 aliphatic rings. The third-order valence-electron chi connectivity index (χ3n) is 6.03. The fourth-order valence-corrected chi connectivity index (χ4v) is 6.00. The normalized spacial score (nSPS) is 16.5. The molecule has 1 N–H and O–H groups in total. The predicted molar refractivity (Wildman–Crippen MR) is 144 cm³/mol. The van der Waals surface area contributed by atoms with Crippen molar-refractivity contribution in [3.63, 3.8) is 0 Å². The van der Waals surface area contributed by atoms with Gasteiger partial charge in [0.2, 0.25) is 5.13 Å². The highest BCUT2D eigenvalue weighted by atomic mass is 32.2. The number of halogens is 1. The van der Waals surface area contributed by atoms with Gasteiger partial charge in [-0.1, -0.05) is 47.4 Å². The van der Waals surface area contributed by atoms with Crippen LogP contribution in [0.15, 0.2) is 76.9 Å². The lowest BCUT2D eigenvalue weighted by atomic mass is 9.95. The lowest BCUT2D eigenvalue weighted by Gasteiger charge is -2.23. The average Bonchev–Trinajstić information content (AvgIpc) is 3.54. The summed E-state index contributed by atoms with van der Waals surface area (Å²) in [6.45, 7) is 0. The van der Waals surface area contributed by atoms with Gasteiger partial charge in [-0.3, -0.25) is 19.5 Å². The van der Waals surface area contributed by atoms with Crippen molar-refractivity contribution in [2.75, 3.05) is 19.1 Å². The van der Waals surface area contributed by atoms with Gasteiger partial charge in [0.1, 0.15) is 11.6 Å². The van der Waals surface area contributed by atoms with E-state index in [0.717, 1.165) is 11.3 Å². The van der Waals surface area contributed by atoms with Crippen molar-refractivity contribution >= 4 is 45.7 Å². The van der Waals surface area contributed by atoms with Crippen LogP contribution in [0.4, 0.5) is 9.52 Å². The SMILES string of the molecule is COc1ccc(C2C(=C(O)c3ccncc3)C(=O)C(=O)N2c2nnc(SCc3ccccc3F)s2)cc1OC. The zero-order valence-corrected chi connectivity index (χ0v) is 22.3. The fraction of sp³-hybridized carbons (Fsp3) is 0.148. The molecule has 1 fully saturated rings. The predicted octanol–water partition coefficient (Wildman–Crippen LogP) is 5.01. The van der Waals surface area contributed by atoms with E-state index in [9.17, 15) is 19.1 Å². The number of carbonyl (C=O) groups excluding carboxylic acids is 2. The molecular weight excluding hydrogens is 543 g/mol. The van der Waals surface area contributed by atoms with E-state index in [1.807, 2.05) is 0 Å². The second-order valence-electron chi connectivity index (χ2n) is 8.25. The molecule has 9 nitrogen and oxygen atoms in total. The van der Waals surface area contributed by atoms with Crippen LogP contribution in [-0.2, 0) is 15.3 Å². The van der Waals surface area contributed by atoms with Crippen LogP contribution in [-0.4, -0.2) is 46.2 Å². The molecule has 2 aromatic heterocycles. The Kier molecular flexibility index (Phi) is 7.57. The molecule has 2 aromatic carbocycles. The number of methoxy groups -OCH3 is 2. The molecule has 0 aliphatic carbocycles. The second kappa shape index (κ2) is 11.2. The molecule has 198 valence electrons. The monoisotopic (exact) mass is 564 g/mol. The maximum Gasteiger partial charge on any atom is 0.301 e. The largest absolute Gasteiger partial charge is 0.507 e. The van der Waals surface area contributed by atoms with Crippen LogP contribution >= 0.6 is 23.1 Å². The third-order valence-corrected chi connectivity index (χ3v) is 8.14. The minimum Gasteiger partial charge on any atom is -0.507 e. The number of aliphatic hydroxyl groups is 1. The molecule has 1 unspecified atom stereocenters. The lowest BCUT2D eigenvalue weighted by Crippen LogP contribution is -2.29. The number of anilines is 1. The number of ketones is 1. The van der Waals surface area contributed by atoms with Gasteiger partial charge in [0.05, 0.1) is 25.8 Å². The molecule has 1 atom stereocenters. The molecule has 0 radical (unpaired) electrons. The van der Waals surface area contributed by atoms with Crippen molar-refractivity contribution in [2.24, 2.45) is 0 Å². The van der Waals surface area contributed by atoms with Gasteiger partial charge in [-0.25, -0.2) is 4.39 Å². The Hall–Kier alpha value is -4.29. The smallest absolute Gasteiger partial charge is 0.301 e. The Labute approximate surface area is 230 Å².